The molecule has 4 aromatic rings. The molecule has 0 bridgehead atoms. The number of aromatic nitrogens is 2. The summed E-state index contributed by atoms with van der Waals surface area (Å²) < 4.78 is 40.4. The van der Waals surface area contributed by atoms with Crippen molar-refractivity contribution in [3.05, 3.63) is 107 Å². The van der Waals surface area contributed by atoms with E-state index in [1.165, 1.54) is 35.2 Å². The van der Waals surface area contributed by atoms with Crippen LogP contribution in [0.5, 0.6) is 0 Å². The number of halogens is 6. The monoisotopic (exact) mass is 591 g/mol. The van der Waals surface area contributed by atoms with E-state index in [2.05, 4.69) is 4.98 Å². The number of fused-ring (bicyclic) bond motifs is 2. The van der Waals surface area contributed by atoms with E-state index in [0.717, 1.165) is 6.07 Å². The van der Waals surface area contributed by atoms with Crippen molar-refractivity contribution < 1.29 is 22.8 Å². The number of ketones is 1. The number of carbonyl (C=O) groups excluding carboxylic acids is 2. The summed E-state index contributed by atoms with van der Waals surface area (Å²) >= 11 is 17.5. The molecule has 0 N–H and O–H groups in total. The van der Waals surface area contributed by atoms with E-state index in [-0.39, 0.29) is 35.8 Å². The summed E-state index contributed by atoms with van der Waals surface area (Å²) in [4.78, 5) is 32.5. The molecule has 2 aromatic heterocycles. The minimum absolute atomic E-state index is 0.0368. The number of hydrogen-bond acceptors (Lipinski definition) is 3. The quantitative estimate of drug-likeness (QED) is 0.181. The number of anilines is 1. The van der Waals surface area contributed by atoms with Crippen LogP contribution in [0.4, 0.5) is 18.9 Å². The van der Waals surface area contributed by atoms with Crippen LogP contribution in [0.3, 0.4) is 0 Å². The smallest absolute Gasteiger partial charge is 0.334 e. The Kier molecular flexibility index (Phi) is 6.99. The molecule has 0 aliphatic carbocycles. The third kappa shape index (κ3) is 5.16. The van der Waals surface area contributed by atoms with Gasteiger partial charge in [-0.05, 0) is 66.1 Å². The molecule has 0 unspecified atom stereocenters. The first-order chi connectivity index (χ1) is 18.4. The molecule has 0 radical (unpaired) electrons. The number of benzene rings is 2. The van der Waals surface area contributed by atoms with Crippen molar-refractivity contribution in [2.75, 3.05) is 4.90 Å². The van der Waals surface area contributed by atoms with Crippen molar-refractivity contribution in [2.45, 2.75) is 30.0 Å². The summed E-state index contributed by atoms with van der Waals surface area (Å²) in [5.41, 5.74) is 2.29. The lowest BCUT2D eigenvalue weighted by atomic mass is 9.94. The number of carbonyl (C=O) groups is 2. The van der Waals surface area contributed by atoms with Crippen molar-refractivity contribution >= 4 is 52.2 Å². The van der Waals surface area contributed by atoms with Crippen molar-refractivity contribution in [3.8, 4) is 11.1 Å². The molecule has 1 aliphatic heterocycles. The van der Waals surface area contributed by atoms with Gasteiger partial charge in [-0.1, -0.05) is 59.1 Å². The molecular weight excluding hydrogens is 574 g/mol. The van der Waals surface area contributed by atoms with Gasteiger partial charge in [-0.3, -0.25) is 14.6 Å². The zero-order chi connectivity index (χ0) is 28.1. The van der Waals surface area contributed by atoms with Crippen molar-refractivity contribution in [1.82, 2.24) is 9.55 Å². The highest BCUT2D eigenvalue weighted by Gasteiger charge is 2.36. The number of amides is 1. The topological polar surface area (TPSA) is 55.2 Å². The number of nitrogens with zero attached hydrogens (tertiary/aromatic N) is 3. The second-order valence-electron chi connectivity index (χ2n) is 9.06. The first kappa shape index (κ1) is 27.2. The number of hydrogen-bond donors (Lipinski definition) is 0. The number of pyridine rings is 1. The summed E-state index contributed by atoms with van der Waals surface area (Å²) in [7, 11) is 0. The molecule has 5 nitrogen and oxygen atoms in total. The van der Waals surface area contributed by atoms with E-state index in [0.29, 0.717) is 28.2 Å². The van der Waals surface area contributed by atoms with Crippen LogP contribution in [-0.4, -0.2) is 25.0 Å². The summed E-state index contributed by atoms with van der Waals surface area (Å²) in [6, 6.07) is 16.6. The van der Waals surface area contributed by atoms with E-state index in [1.807, 2.05) is 0 Å². The van der Waals surface area contributed by atoms with Crippen LogP contribution in [0, 0.1) is 6.92 Å². The zero-order valence-electron chi connectivity index (χ0n) is 20.3. The number of Topliss-reactive ketones (excluding diaryl/α,β-unsaturated/α-hetero) is 1. The molecule has 3 heterocycles. The summed E-state index contributed by atoms with van der Waals surface area (Å²) in [5, 5.41) is 0. The Hall–Kier alpha value is -3.33. The van der Waals surface area contributed by atoms with Gasteiger partial charge in [-0.2, -0.15) is 13.2 Å². The lowest BCUT2D eigenvalue weighted by molar-refractivity contribution is -0.137. The van der Waals surface area contributed by atoms with Crippen LogP contribution in [-0.2, 0) is 19.3 Å². The Morgan fingerprint density at radius 2 is 1.64 bits per heavy atom. The van der Waals surface area contributed by atoms with Gasteiger partial charge in [0.15, 0.2) is 0 Å². The van der Waals surface area contributed by atoms with Crippen molar-refractivity contribution in [3.63, 3.8) is 0 Å². The highest BCUT2D eigenvalue weighted by atomic mass is 35.6. The normalized spacial score (nSPS) is 13.5. The van der Waals surface area contributed by atoms with Crippen molar-refractivity contribution in [1.29, 1.82) is 0 Å². The van der Waals surface area contributed by atoms with Gasteiger partial charge in [-0.15, -0.1) is 0 Å². The van der Waals surface area contributed by atoms with Gasteiger partial charge < -0.3 is 9.47 Å². The van der Waals surface area contributed by atoms with E-state index in [9.17, 15) is 22.8 Å². The van der Waals surface area contributed by atoms with Crippen LogP contribution in [0.15, 0.2) is 72.9 Å². The molecular formula is C28H19Cl3F3N3O2. The Labute approximate surface area is 236 Å². The Bertz CT molecular complexity index is 1610. The third-order valence-corrected chi connectivity index (χ3v) is 7.10. The minimum atomic E-state index is -4.52. The molecule has 0 spiro atoms. The molecule has 11 heteroatoms. The minimum Gasteiger partial charge on any atom is -0.334 e. The average molecular weight is 593 g/mol. The first-order valence-corrected chi connectivity index (χ1v) is 12.8. The second-order valence-corrected chi connectivity index (χ2v) is 11.3. The van der Waals surface area contributed by atoms with Crippen LogP contribution in [0.1, 0.15) is 43.4 Å². The number of rotatable bonds is 3. The summed E-state index contributed by atoms with van der Waals surface area (Å²) in [5.74, 6) is -1.09. The Balaban J connectivity index is 1.54. The fourth-order valence-electron chi connectivity index (χ4n) is 4.77. The maximum absolute atomic E-state index is 13.8. The van der Waals surface area contributed by atoms with Gasteiger partial charge >= 0.3 is 6.18 Å². The van der Waals surface area contributed by atoms with Gasteiger partial charge in [0.25, 0.3) is 9.70 Å². The molecule has 200 valence electrons. The second kappa shape index (κ2) is 10.0. The zero-order valence-corrected chi connectivity index (χ0v) is 22.5. The molecule has 39 heavy (non-hydrogen) atoms. The van der Waals surface area contributed by atoms with Crippen LogP contribution in [0.2, 0.25) is 0 Å². The molecule has 1 amide bonds. The molecule has 0 atom stereocenters. The maximum Gasteiger partial charge on any atom is 0.417 e. The fourth-order valence-corrected chi connectivity index (χ4v) is 5.06. The van der Waals surface area contributed by atoms with Crippen molar-refractivity contribution in [2.24, 2.45) is 0 Å². The summed E-state index contributed by atoms with van der Waals surface area (Å²) in [6.45, 7) is 1.91. The largest absolute Gasteiger partial charge is 0.417 e. The SMILES string of the molecule is Cc1cc(C(=O)N2Cc3ccc(C(=O)C(Cl)(Cl)Cl)n3Cc3ncccc32)ccc1-c1ccccc1C(F)(F)F. The highest BCUT2D eigenvalue weighted by molar-refractivity contribution is 6.77. The fraction of sp³-hybridized carbons (Fsp3) is 0.179. The van der Waals surface area contributed by atoms with Gasteiger partial charge in [0.1, 0.15) is 0 Å². The lowest BCUT2D eigenvalue weighted by Gasteiger charge is -2.23. The molecule has 5 rings (SSSR count). The van der Waals surface area contributed by atoms with Gasteiger partial charge in [0.2, 0.25) is 5.78 Å². The maximum atomic E-state index is 13.8. The van der Waals surface area contributed by atoms with E-state index >= 15 is 0 Å². The standard InChI is InChI=1S/C28H19Cl3F3N3O2/c1-16-13-17(8-10-19(16)20-5-2-3-6-21(20)28(32,33)34)26(39)37-14-18-9-11-24(25(38)27(29,30)31)36(18)15-22-23(37)7-4-12-35-22/h2-13H,14-15H2,1H3. The van der Waals surface area contributed by atoms with Crippen LogP contribution >= 0.6 is 34.8 Å². The number of alkyl halides is 6. The molecule has 2 aromatic carbocycles. The average Bonchev–Trinajstić information content (AvgIpc) is 3.19. The molecule has 0 saturated carbocycles. The predicted octanol–water partition coefficient (Wildman–Crippen LogP) is 7.64. The van der Waals surface area contributed by atoms with Gasteiger partial charge in [-0.25, -0.2) is 0 Å². The predicted molar refractivity (Wildman–Crippen MR) is 145 cm³/mol. The van der Waals surface area contributed by atoms with Crippen LogP contribution in [0.25, 0.3) is 11.1 Å². The van der Waals surface area contributed by atoms with E-state index in [1.54, 1.807) is 48.0 Å². The lowest BCUT2D eigenvalue weighted by Crippen LogP contribution is -2.31. The molecule has 0 saturated heterocycles. The van der Waals surface area contributed by atoms with Gasteiger partial charge in [0.05, 0.1) is 35.7 Å². The molecule has 1 aliphatic rings. The first-order valence-electron chi connectivity index (χ1n) is 11.7. The van der Waals surface area contributed by atoms with Crippen LogP contribution < -0.4 is 4.90 Å². The Morgan fingerprint density at radius 1 is 0.897 bits per heavy atom. The summed E-state index contributed by atoms with van der Waals surface area (Å²) in [6.07, 6.45) is -2.95. The van der Waals surface area contributed by atoms with Gasteiger partial charge in [0, 0.05) is 17.5 Å². The molecule has 0 fully saturated rings. The Morgan fingerprint density at radius 3 is 2.33 bits per heavy atom. The number of aryl methyl sites for hydroxylation is 1. The van der Waals surface area contributed by atoms with E-state index in [4.69, 9.17) is 34.8 Å². The third-order valence-electron chi connectivity index (χ3n) is 6.59. The highest BCUT2D eigenvalue weighted by Crippen LogP contribution is 2.39. The van der Waals surface area contributed by atoms with E-state index < -0.39 is 21.3 Å².